The number of rotatable bonds is 10. The molecular weight excluding hydrogens is 480 g/mol. The van der Waals surface area contributed by atoms with Crippen LogP contribution in [0.3, 0.4) is 0 Å². The van der Waals surface area contributed by atoms with E-state index in [9.17, 15) is 4.79 Å². The summed E-state index contributed by atoms with van der Waals surface area (Å²) >= 11 is 0. The fourth-order valence-corrected chi connectivity index (χ4v) is 4.83. The van der Waals surface area contributed by atoms with Crippen LogP contribution in [0.4, 0.5) is 17.1 Å². The van der Waals surface area contributed by atoms with Crippen LogP contribution in [0, 0.1) is 5.41 Å². The molecule has 0 amide bonds. The lowest BCUT2D eigenvalue weighted by atomic mass is 9.92. The number of ether oxygens (including phenoxy) is 2. The van der Waals surface area contributed by atoms with E-state index in [1.165, 1.54) is 0 Å². The predicted octanol–water partition coefficient (Wildman–Crippen LogP) is 5.51. The molecule has 0 atom stereocenters. The summed E-state index contributed by atoms with van der Waals surface area (Å²) in [6.45, 7) is 5.80. The van der Waals surface area contributed by atoms with E-state index in [0.29, 0.717) is 48.4 Å². The number of nitrogens with two attached hydrogens (primary N) is 1. The second kappa shape index (κ2) is 11.5. The fraction of sp³-hybridized carbons (Fsp3) is 0.333. The van der Waals surface area contributed by atoms with E-state index >= 15 is 0 Å². The number of esters is 1. The zero-order valence-corrected chi connectivity index (χ0v) is 22.8. The number of hydrogen-bond donors (Lipinski definition) is 2. The van der Waals surface area contributed by atoms with E-state index in [1.807, 2.05) is 45.3 Å². The molecule has 8 nitrogen and oxygen atoms in total. The van der Waals surface area contributed by atoms with Crippen LogP contribution in [0.1, 0.15) is 26.7 Å². The van der Waals surface area contributed by atoms with Gasteiger partial charge in [0.25, 0.3) is 0 Å². The molecule has 0 spiro atoms. The third kappa shape index (κ3) is 5.39. The largest absolute Gasteiger partial charge is 0.496 e. The smallest absolute Gasteiger partial charge is 0.305 e. The van der Waals surface area contributed by atoms with Crippen molar-refractivity contribution >= 4 is 34.0 Å². The van der Waals surface area contributed by atoms with Crippen LogP contribution in [0.2, 0.25) is 0 Å². The van der Waals surface area contributed by atoms with Crippen molar-refractivity contribution < 1.29 is 18.7 Å². The highest BCUT2D eigenvalue weighted by Gasteiger charge is 2.23. The van der Waals surface area contributed by atoms with Crippen molar-refractivity contribution in [1.82, 2.24) is 0 Å². The number of anilines is 3. The summed E-state index contributed by atoms with van der Waals surface area (Å²) in [6, 6.07) is 15.2. The molecule has 1 aliphatic carbocycles. The van der Waals surface area contributed by atoms with E-state index in [1.54, 1.807) is 19.2 Å². The van der Waals surface area contributed by atoms with Crippen LogP contribution in [0.15, 0.2) is 52.9 Å². The van der Waals surface area contributed by atoms with Gasteiger partial charge in [0, 0.05) is 79.6 Å². The predicted molar refractivity (Wildman–Crippen MR) is 153 cm³/mol. The lowest BCUT2D eigenvalue weighted by molar-refractivity contribution is -0.143. The Morgan fingerprint density at radius 2 is 1.82 bits per heavy atom. The molecule has 3 N–H and O–H groups in total. The van der Waals surface area contributed by atoms with Gasteiger partial charge in [0.05, 0.1) is 30.4 Å². The van der Waals surface area contributed by atoms with Crippen molar-refractivity contribution in [3.05, 3.63) is 53.9 Å². The summed E-state index contributed by atoms with van der Waals surface area (Å²) in [5.74, 6) is 1.15. The molecule has 200 valence electrons. The number of methoxy groups -OCH3 is 1. The van der Waals surface area contributed by atoms with Crippen LogP contribution < -0.4 is 25.6 Å². The Morgan fingerprint density at radius 1 is 1.03 bits per heavy atom. The molecule has 1 heterocycles. The first-order valence-electron chi connectivity index (χ1n) is 12.9. The number of fused-ring (bicyclic) bond motifs is 2. The average molecular weight is 517 g/mol. The normalized spacial score (nSPS) is 11.1. The number of nitrogen functional groups attached to an aromatic ring is 1. The number of carbonyl (C=O) groups is 1. The Balaban J connectivity index is 1.89. The Morgan fingerprint density at radius 3 is 2.50 bits per heavy atom. The highest BCUT2D eigenvalue weighted by Crippen LogP contribution is 2.47. The van der Waals surface area contributed by atoms with Gasteiger partial charge >= 0.3 is 5.97 Å². The summed E-state index contributed by atoms with van der Waals surface area (Å²) in [5.41, 5.74) is 12.1. The average Bonchev–Trinajstić information content (AvgIpc) is 2.89. The molecule has 2 aromatic rings. The van der Waals surface area contributed by atoms with Crippen LogP contribution in [0.5, 0.6) is 5.75 Å². The van der Waals surface area contributed by atoms with E-state index in [4.69, 9.17) is 25.0 Å². The van der Waals surface area contributed by atoms with Gasteiger partial charge in [0.15, 0.2) is 0 Å². The molecular formula is C30H36N4O4. The lowest BCUT2D eigenvalue weighted by Crippen LogP contribution is -2.27. The highest BCUT2D eigenvalue weighted by atomic mass is 16.5. The van der Waals surface area contributed by atoms with Crippen LogP contribution in [-0.2, 0) is 9.53 Å². The quantitative estimate of drug-likeness (QED) is 0.163. The summed E-state index contributed by atoms with van der Waals surface area (Å²) in [7, 11) is 5.71. The lowest BCUT2D eigenvalue weighted by Gasteiger charge is -2.30. The molecule has 0 radical (unpaired) electrons. The minimum absolute atomic E-state index is 0.172. The van der Waals surface area contributed by atoms with Gasteiger partial charge < -0.3 is 34.8 Å². The van der Waals surface area contributed by atoms with Crippen molar-refractivity contribution in [2.24, 2.45) is 0 Å². The van der Waals surface area contributed by atoms with E-state index in [-0.39, 0.29) is 5.97 Å². The fourth-order valence-electron chi connectivity index (χ4n) is 4.83. The van der Waals surface area contributed by atoms with Gasteiger partial charge in [-0.25, -0.2) is 0 Å². The minimum atomic E-state index is -0.172. The molecule has 0 saturated heterocycles. The van der Waals surface area contributed by atoms with Crippen LogP contribution in [-0.4, -0.2) is 46.9 Å². The molecule has 0 bridgehead atoms. The second-order valence-electron chi connectivity index (χ2n) is 9.37. The summed E-state index contributed by atoms with van der Waals surface area (Å²) in [4.78, 5) is 16.2. The molecule has 38 heavy (non-hydrogen) atoms. The molecule has 0 fully saturated rings. The van der Waals surface area contributed by atoms with Gasteiger partial charge in [-0.05, 0) is 50.6 Å². The molecule has 0 unspecified atom stereocenters. The van der Waals surface area contributed by atoms with E-state index in [0.717, 1.165) is 45.7 Å². The number of hydrogen-bond acceptors (Lipinski definition) is 8. The summed E-state index contributed by atoms with van der Waals surface area (Å²) in [6.07, 6.45) is 1.07. The van der Waals surface area contributed by atoms with Gasteiger partial charge in [-0.2, -0.15) is 0 Å². The Labute approximate surface area is 223 Å². The molecule has 2 aliphatic rings. The third-order valence-corrected chi connectivity index (χ3v) is 6.63. The minimum Gasteiger partial charge on any atom is -0.496 e. The maximum absolute atomic E-state index is 11.9. The van der Waals surface area contributed by atoms with Gasteiger partial charge in [-0.15, -0.1) is 0 Å². The van der Waals surface area contributed by atoms with Crippen molar-refractivity contribution in [3.8, 4) is 28.2 Å². The molecule has 8 heteroatoms. The van der Waals surface area contributed by atoms with Gasteiger partial charge in [-0.1, -0.05) is 0 Å². The van der Waals surface area contributed by atoms with Gasteiger partial charge in [-0.3, -0.25) is 4.79 Å². The zero-order valence-electron chi connectivity index (χ0n) is 22.8. The van der Waals surface area contributed by atoms with Crippen molar-refractivity contribution in [1.29, 1.82) is 5.41 Å². The van der Waals surface area contributed by atoms with Crippen molar-refractivity contribution in [2.75, 3.05) is 56.4 Å². The van der Waals surface area contributed by atoms with Crippen molar-refractivity contribution in [3.63, 3.8) is 0 Å². The number of benzene rings is 3. The SMILES string of the molecule is CCOC(=O)CCCN(CC)c1cc(OC)c(-c2c3ccc(=N)cc-3oc3cc(N)ccc23)cc1N(C)C. The molecule has 4 rings (SSSR count). The molecule has 0 aromatic heterocycles. The first kappa shape index (κ1) is 26.9. The third-order valence-electron chi connectivity index (χ3n) is 6.63. The molecule has 0 saturated carbocycles. The summed E-state index contributed by atoms with van der Waals surface area (Å²) < 4.78 is 17.3. The van der Waals surface area contributed by atoms with Gasteiger partial charge in [0.2, 0.25) is 0 Å². The van der Waals surface area contributed by atoms with Crippen LogP contribution in [0.25, 0.3) is 33.4 Å². The maximum atomic E-state index is 11.9. The topological polar surface area (TPSA) is 105 Å². The number of nitrogens with zero attached hydrogens (tertiary/aromatic N) is 2. The standard InChI is InChI=1S/C30H36N4O4/c1-6-34(14-8-9-29(35)37-7-2)25-18-26(36-5)23(17-24(25)33(3)4)30-21-12-10-19(31)15-27(21)38-28-16-20(32)11-13-22(28)30/h10-13,15-18,31H,6-9,14,32H2,1-5H3. The summed E-state index contributed by atoms with van der Waals surface area (Å²) in [5, 5.41) is 9.40. The first-order valence-corrected chi connectivity index (χ1v) is 12.9. The monoisotopic (exact) mass is 516 g/mol. The van der Waals surface area contributed by atoms with Gasteiger partial charge in [0.1, 0.15) is 17.1 Å². The zero-order chi connectivity index (χ0) is 27.4. The van der Waals surface area contributed by atoms with E-state index < -0.39 is 0 Å². The molecule has 2 aromatic carbocycles. The first-order chi connectivity index (χ1) is 18.3. The maximum Gasteiger partial charge on any atom is 0.305 e. The number of nitrogens with one attached hydrogen (secondary N) is 1. The van der Waals surface area contributed by atoms with Crippen molar-refractivity contribution in [2.45, 2.75) is 26.7 Å². The molecule has 1 aliphatic heterocycles. The number of carbonyl (C=O) groups excluding carboxylic acids is 1. The highest BCUT2D eigenvalue weighted by molar-refractivity contribution is 6.05. The van der Waals surface area contributed by atoms with Crippen LogP contribution >= 0.6 is 0 Å². The Bertz CT molecular complexity index is 1480. The second-order valence-corrected chi connectivity index (χ2v) is 9.37. The Kier molecular flexibility index (Phi) is 8.10. The van der Waals surface area contributed by atoms with E-state index in [2.05, 4.69) is 28.9 Å². The Hall–Kier alpha value is -4.20.